The number of carbonyl (C=O) groups is 1. The Bertz CT molecular complexity index is 182. The first-order chi connectivity index (χ1) is 6.69. The number of carbonyl (C=O) groups excluding carboxylic acids is 1. The van der Waals surface area contributed by atoms with Crippen molar-refractivity contribution in [3.63, 3.8) is 0 Å². The summed E-state index contributed by atoms with van der Waals surface area (Å²) in [5.41, 5.74) is 5.73. The predicted octanol–water partition coefficient (Wildman–Crippen LogP) is 1.23. The Morgan fingerprint density at radius 3 is 2.43 bits per heavy atom. The van der Waals surface area contributed by atoms with Gasteiger partial charge in [-0.05, 0) is 31.2 Å². The molecule has 1 aliphatic rings. The minimum atomic E-state index is 0.212. The van der Waals surface area contributed by atoms with Crippen LogP contribution in [0.2, 0.25) is 0 Å². The van der Waals surface area contributed by atoms with Crippen LogP contribution in [0.3, 0.4) is 0 Å². The van der Waals surface area contributed by atoms with Gasteiger partial charge in [-0.1, -0.05) is 13.3 Å². The molecule has 1 heterocycles. The number of piperidine rings is 1. The van der Waals surface area contributed by atoms with Gasteiger partial charge in [-0.25, -0.2) is 0 Å². The SMILES string of the molecule is CCC(CN)C1CCN(C(C)=O)CC1. The van der Waals surface area contributed by atoms with Gasteiger partial charge in [0.25, 0.3) is 0 Å². The molecule has 1 fully saturated rings. The number of amides is 1. The van der Waals surface area contributed by atoms with E-state index in [1.54, 1.807) is 6.92 Å². The summed E-state index contributed by atoms with van der Waals surface area (Å²) < 4.78 is 0. The Balaban J connectivity index is 2.38. The van der Waals surface area contributed by atoms with Crippen molar-refractivity contribution in [1.29, 1.82) is 0 Å². The highest BCUT2D eigenvalue weighted by atomic mass is 16.2. The van der Waals surface area contributed by atoms with Crippen molar-refractivity contribution in [2.75, 3.05) is 19.6 Å². The number of likely N-dealkylation sites (tertiary alicyclic amines) is 1. The Morgan fingerprint density at radius 2 is 2.07 bits per heavy atom. The van der Waals surface area contributed by atoms with E-state index in [2.05, 4.69) is 6.92 Å². The van der Waals surface area contributed by atoms with Crippen molar-refractivity contribution < 1.29 is 4.79 Å². The van der Waals surface area contributed by atoms with Gasteiger partial charge in [0.2, 0.25) is 5.91 Å². The molecule has 0 aromatic carbocycles. The second kappa shape index (κ2) is 5.35. The monoisotopic (exact) mass is 198 g/mol. The topological polar surface area (TPSA) is 46.3 Å². The summed E-state index contributed by atoms with van der Waals surface area (Å²) in [5.74, 6) is 1.61. The maximum Gasteiger partial charge on any atom is 0.219 e. The van der Waals surface area contributed by atoms with Crippen LogP contribution >= 0.6 is 0 Å². The number of hydrogen-bond donors (Lipinski definition) is 1. The quantitative estimate of drug-likeness (QED) is 0.741. The molecule has 14 heavy (non-hydrogen) atoms. The van der Waals surface area contributed by atoms with E-state index < -0.39 is 0 Å². The molecule has 1 saturated heterocycles. The normalized spacial score (nSPS) is 20.9. The van der Waals surface area contributed by atoms with Crippen LogP contribution in [0, 0.1) is 11.8 Å². The van der Waals surface area contributed by atoms with E-state index in [1.165, 1.54) is 6.42 Å². The van der Waals surface area contributed by atoms with E-state index in [0.717, 1.165) is 38.4 Å². The summed E-state index contributed by atoms with van der Waals surface area (Å²) in [4.78, 5) is 13.1. The van der Waals surface area contributed by atoms with E-state index in [0.29, 0.717) is 5.92 Å². The van der Waals surface area contributed by atoms with E-state index in [-0.39, 0.29) is 5.91 Å². The standard InChI is InChI=1S/C11H22N2O/c1-3-10(8-12)11-4-6-13(7-5-11)9(2)14/h10-11H,3-8,12H2,1-2H3. The number of nitrogens with two attached hydrogens (primary N) is 1. The van der Waals surface area contributed by atoms with Crippen LogP contribution in [-0.4, -0.2) is 30.4 Å². The van der Waals surface area contributed by atoms with Crippen molar-refractivity contribution in [2.24, 2.45) is 17.6 Å². The lowest BCUT2D eigenvalue weighted by Gasteiger charge is -2.35. The molecular formula is C11H22N2O. The molecule has 3 nitrogen and oxygen atoms in total. The minimum absolute atomic E-state index is 0.212. The van der Waals surface area contributed by atoms with Gasteiger partial charge in [0.15, 0.2) is 0 Å². The number of nitrogens with zero attached hydrogens (tertiary/aromatic N) is 1. The molecule has 1 aliphatic heterocycles. The molecule has 0 aliphatic carbocycles. The molecule has 1 amide bonds. The highest BCUT2D eigenvalue weighted by molar-refractivity contribution is 5.73. The van der Waals surface area contributed by atoms with Crippen LogP contribution in [0.5, 0.6) is 0 Å². The van der Waals surface area contributed by atoms with Crippen LogP contribution in [0.25, 0.3) is 0 Å². The molecular weight excluding hydrogens is 176 g/mol. The Kier molecular flexibility index (Phi) is 4.39. The molecule has 3 heteroatoms. The summed E-state index contributed by atoms with van der Waals surface area (Å²) in [5, 5.41) is 0. The molecule has 2 N–H and O–H groups in total. The third-order valence-electron chi connectivity index (χ3n) is 3.48. The molecule has 82 valence electrons. The Hall–Kier alpha value is -0.570. The van der Waals surface area contributed by atoms with Crippen molar-refractivity contribution in [3.8, 4) is 0 Å². The van der Waals surface area contributed by atoms with Gasteiger partial charge in [-0.15, -0.1) is 0 Å². The van der Waals surface area contributed by atoms with Gasteiger partial charge in [-0.2, -0.15) is 0 Å². The largest absolute Gasteiger partial charge is 0.343 e. The van der Waals surface area contributed by atoms with Gasteiger partial charge in [0, 0.05) is 20.0 Å². The molecule has 0 bridgehead atoms. The van der Waals surface area contributed by atoms with Gasteiger partial charge in [0.05, 0.1) is 0 Å². The highest BCUT2D eigenvalue weighted by Gasteiger charge is 2.25. The smallest absolute Gasteiger partial charge is 0.219 e. The number of rotatable bonds is 3. The molecule has 1 rings (SSSR count). The average molecular weight is 198 g/mol. The summed E-state index contributed by atoms with van der Waals surface area (Å²) in [6, 6.07) is 0. The van der Waals surface area contributed by atoms with Gasteiger partial charge in [0.1, 0.15) is 0 Å². The van der Waals surface area contributed by atoms with Crippen molar-refractivity contribution in [2.45, 2.75) is 33.1 Å². The summed E-state index contributed by atoms with van der Waals surface area (Å²) in [7, 11) is 0. The maximum atomic E-state index is 11.1. The lowest BCUT2D eigenvalue weighted by atomic mass is 9.83. The zero-order valence-corrected chi connectivity index (χ0v) is 9.33. The van der Waals surface area contributed by atoms with E-state index >= 15 is 0 Å². The Morgan fingerprint density at radius 1 is 1.50 bits per heavy atom. The van der Waals surface area contributed by atoms with Gasteiger partial charge in [-0.3, -0.25) is 4.79 Å². The first-order valence-corrected chi connectivity index (χ1v) is 5.64. The third-order valence-corrected chi connectivity index (χ3v) is 3.48. The lowest BCUT2D eigenvalue weighted by molar-refractivity contribution is -0.130. The second-order valence-corrected chi connectivity index (χ2v) is 4.25. The van der Waals surface area contributed by atoms with Crippen LogP contribution in [-0.2, 0) is 4.79 Å². The summed E-state index contributed by atoms with van der Waals surface area (Å²) in [6.45, 7) is 6.50. The molecule has 0 radical (unpaired) electrons. The molecule has 0 saturated carbocycles. The fourth-order valence-corrected chi connectivity index (χ4v) is 2.38. The minimum Gasteiger partial charge on any atom is -0.343 e. The Labute approximate surface area is 86.6 Å². The predicted molar refractivity (Wildman–Crippen MR) is 57.8 cm³/mol. The zero-order valence-electron chi connectivity index (χ0n) is 9.33. The fraction of sp³-hybridized carbons (Fsp3) is 0.909. The van der Waals surface area contributed by atoms with Crippen LogP contribution in [0.4, 0.5) is 0 Å². The zero-order chi connectivity index (χ0) is 10.6. The molecule has 1 atom stereocenters. The first-order valence-electron chi connectivity index (χ1n) is 5.64. The average Bonchev–Trinajstić information content (AvgIpc) is 2.20. The fourth-order valence-electron chi connectivity index (χ4n) is 2.38. The van der Waals surface area contributed by atoms with Gasteiger partial charge >= 0.3 is 0 Å². The van der Waals surface area contributed by atoms with E-state index in [1.807, 2.05) is 4.90 Å². The molecule has 0 aromatic heterocycles. The van der Waals surface area contributed by atoms with Crippen LogP contribution in [0.1, 0.15) is 33.1 Å². The summed E-state index contributed by atoms with van der Waals surface area (Å²) in [6.07, 6.45) is 3.44. The number of hydrogen-bond acceptors (Lipinski definition) is 2. The van der Waals surface area contributed by atoms with Crippen LogP contribution in [0.15, 0.2) is 0 Å². The highest BCUT2D eigenvalue weighted by Crippen LogP contribution is 2.26. The van der Waals surface area contributed by atoms with Gasteiger partial charge < -0.3 is 10.6 Å². The van der Waals surface area contributed by atoms with Crippen molar-refractivity contribution in [1.82, 2.24) is 4.90 Å². The first kappa shape index (κ1) is 11.5. The van der Waals surface area contributed by atoms with Crippen molar-refractivity contribution >= 4 is 5.91 Å². The lowest BCUT2D eigenvalue weighted by Crippen LogP contribution is -2.40. The molecule has 0 spiro atoms. The molecule has 1 unspecified atom stereocenters. The maximum absolute atomic E-state index is 11.1. The van der Waals surface area contributed by atoms with E-state index in [4.69, 9.17) is 5.73 Å². The third kappa shape index (κ3) is 2.71. The molecule has 0 aromatic rings. The van der Waals surface area contributed by atoms with Crippen LogP contribution < -0.4 is 5.73 Å². The second-order valence-electron chi connectivity index (χ2n) is 4.25. The van der Waals surface area contributed by atoms with Crippen molar-refractivity contribution in [3.05, 3.63) is 0 Å². The summed E-state index contributed by atoms with van der Waals surface area (Å²) >= 11 is 0. The van der Waals surface area contributed by atoms with E-state index in [9.17, 15) is 4.79 Å².